The molecule has 0 amide bonds. The average Bonchev–Trinajstić information content (AvgIpc) is 2.59. The number of hydrogen-bond acceptors (Lipinski definition) is 3. The van der Waals surface area contributed by atoms with Gasteiger partial charge in [0, 0.05) is 12.1 Å². The van der Waals surface area contributed by atoms with Crippen molar-refractivity contribution < 1.29 is 14.8 Å². The maximum atomic E-state index is 10.9. The van der Waals surface area contributed by atoms with Crippen LogP contribution < -0.4 is 0 Å². The Morgan fingerprint density at radius 3 is 2.52 bits per heavy atom. The fourth-order valence-electron chi connectivity index (χ4n) is 2.82. The lowest BCUT2D eigenvalue weighted by Gasteiger charge is -2.08. The van der Waals surface area contributed by atoms with Crippen LogP contribution in [-0.4, -0.2) is 16.0 Å². The van der Waals surface area contributed by atoms with Gasteiger partial charge in [0.25, 0.3) is 5.69 Å². The molecule has 0 spiro atoms. The minimum absolute atomic E-state index is 0.121. The molecule has 0 aromatic heterocycles. The molecule has 25 heavy (non-hydrogen) atoms. The Morgan fingerprint density at radius 2 is 1.88 bits per heavy atom. The van der Waals surface area contributed by atoms with Gasteiger partial charge >= 0.3 is 5.97 Å². The Labute approximate surface area is 149 Å². The van der Waals surface area contributed by atoms with Crippen LogP contribution in [0.4, 0.5) is 5.69 Å². The van der Waals surface area contributed by atoms with Crippen LogP contribution in [0.15, 0.2) is 30.3 Å². The van der Waals surface area contributed by atoms with Gasteiger partial charge in [-0.05, 0) is 31.2 Å². The summed E-state index contributed by atoms with van der Waals surface area (Å²) in [5.74, 6) is -0.850. The fourth-order valence-corrected chi connectivity index (χ4v) is 2.82. The Morgan fingerprint density at radius 1 is 1.20 bits per heavy atom. The minimum Gasteiger partial charge on any atom is -0.481 e. The van der Waals surface area contributed by atoms with Crippen LogP contribution in [0.1, 0.15) is 70.3 Å². The van der Waals surface area contributed by atoms with Crippen molar-refractivity contribution in [2.75, 3.05) is 0 Å². The summed E-state index contributed by atoms with van der Waals surface area (Å²) in [5.41, 5.74) is 0.980. The molecule has 0 radical (unpaired) electrons. The van der Waals surface area contributed by atoms with Gasteiger partial charge in [0.15, 0.2) is 0 Å². The Hall–Kier alpha value is -2.17. The molecule has 5 nitrogen and oxygen atoms in total. The van der Waals surface area contributed by atoms with Crippen molar-refractivity contribution in [2.24, 2.45) is 5.92 Å². The van der Waals surface area contributed by atoms with E-state index in [1.165, 1.54) is 12.5 Å². The topological polar surface area (TPSA) is 80.4 Å². The molecule has 1 aromatic carbocycles. The predicted octanol–water partition coefficient (Wildman–Crippen LogP) is 5.84. The Bertz CT molecular complexity index is 569. The molecule has 0 fully saturated rings. The molecular formula is C20H29NO4. The first kappa shape index (κ1) is 20.9. The lowest BCUT2D eigenvalue weighted by atomic mass is 9.98. The number of nitrogens with zero attached hydrogens (tertiary/aromatic N) is 1. The lowest BCUT2D eigenvalue weighted by Crippen LogP contribution is -2.12. The van der Waals surface area contributed by atoms with E-state index in [4.69, 9.17) is 5.11 Å². The van der Waals surface area contributed by atoms with Gasteiger partial charge in [-0.1, -0.05) is 63.3 Å². The third-order valence-electron chi connectivity index (χ3n) is 4.41. The molecule has 0 aliphatic rings. The van der Waals surface area contributed by atoms with Crippen LogP contribution in [0, 0.1) is 16.0 Å². The zero-order chi connectivity index (χ0) is 18.5. The van der Waals surface area contributed by atoms with Gasteiger partial charge in [0.2, 0.25) is 0 Å². The molecule has 1 unspecified atom stereocenters. The molecule has 1 N–H and O–H groups in total. The van der Waals surface area contributed by atoms with Crippen LogP contribution in [0.2, 0.25) is 0 Å². The number of aliphatic carboxylic acids is 1. The molecule has 1 aromatic rings. The highest BCUT2D eigenvalue weighted by Gasteiger charge is 2.13. The molecule has 0 aliphatic heterocycles. The van der Waals surface area contributed by atoms with Crippen molar-refractivity contribution in [1.29, 1.82) is 0 Å². The number of non-ortho nitro benzene ring substituents is 1. The van der Waals surface area contributed by atoms with E-state index in [9.17, 15) is 14.9 Å². The number of nitro groups is 1. The molecule has 0 saturated carbocycles. The number of rotatable bonds is 13. The molecule has 0 bridgehead atoms. The zero-order valence-electron chi connectivity index (χ0n) is 15.0. The second-order valence-corrected chi connectivity index (χ2v) is 6.40. The standard InChI is InChI=1S/C20H29NO4/c1-2-18(20(22)23)14-10-8-6-4-3-5-7-9-12-17-13-11-15-19(16-17)21(24)25/h9,11-13,15-16,18H,2-8,10,14H2,1H3,(H,22,23). The Kier molecular flexibility index (Phi) is 10.2. The number of carboxylic acid groups (broad SMARTS) is 1. The second-order valence-electron chi connectivity index (χ2n) is 6.40. The van der Waals surface area contributed by atoms with Gasteiger partial charge in [-0.3, -0.25) is 14.9 Å². The first-order valence-corrected chi connectivity index (χ1v) is 9.18. The number of unbranched alkanes of at least 4 members (excludes halogenated alkanes) is 6. The van der Waals surface area contributed by atoms with E-state index in [0.717, 1.165) is 50.5 Å². The highest BCUT2D eigenvalue weighted by Crippen LogP contribution is 2.17. The maximum absolute atomic E-state index is 10.9. The van der Waals surface area contributed by atoms with Crippen molar-refractivity contribution in [3.05, 3.63) is 46.0 Å². The Balaban J connectivity index is 2.08. The van der Waals surface area contributed by atoms with Crippen molar-refractivity contribution in [1.82, 2.24) is 0 Å². The SMILES string of the molecule is CCC(CCCCCCCCC=Cc1cccc([N+](=O)[O-])c1)C(=O)O. The van der Waals surface area contributed by atoms with Crippen LogP contribution in [0.5, 0.6) is 0 Å². The summed E-state index contributed by atoms with van der Waals surface area (Å²) >= 11 is 0. The predicted molar refractivity (Wildman–Crippen MR) is 100 cm³/mol. The first-order valence-electron chi connectivity index (χ1n) is 9.18. The molecule has 1 atom stereocenters. The van der Waals surface area contributed by atoms with Crippen LogP contribution in [0.3, 0.4) is 0 Å². The lowest BCUT2D eigenvalue weighted by molar-refractivity contribution is -0.384. The maximum Gasteiger partial charge on any atom is 0.306 e. The molecule has 0 saturated heterocycles. The smallest absolute Gasteiger partial charge is 0.306 e. The van der Waals surface area contributed by atoms with E-state index >= 15 is 0 Å². The molecule has 5 heteroatoms. The quantitative estimate of drug-likeness (QED) is 0.276. The summed E-state index contributed by atoms with van der Waals surface area (Å²) in [5, 5.41) is 19.7. The van der Waals surface area contributed by atoms with Gasteiger partial charge in [-0.15, -0.1) is 0 Å². The van der Waals surface area contributed by atoms with Crippen LogP contribution in [-0.2, 0) is 4.79 Å². The molecular weight excluding hydrogens is 318 g/mol. The van der Waals surface area contributed by atoms with Crippen LogP contribution >= 0.6 is 0 Å². The molecule has 0 heterocycles. The van der Waals surface area contributed by atoms with Gasteiger partial charge < -0.3 is 5.11 Å². The number of allylic oxidation sites excluding steroid dienone is 1. The summed E-state index contributed by atoms with van der Waals surface area (Å²) in [4.78, 5) is 21.2. The molecule has 1 rings (SSSR count). The third kappa shape index (κ3) is 9.03. The molecule has 138 valence electrons. The van der Waals surface area contributed by atoms with E-state index in [1.54, 1.807) is 12.1 Å². The van der Waals surface area contributed by atoms with Crippen molar-refractivity contribution in [3.63, 3.8) is 0 Å². The normalized spacial score (nSPS) is 12.4. The second kappa shape index (κ2) is 12.2. The summed E-state index contributed by atoms with van der Waals surface area (Å²) in [6.45, 7) is 1.93. The number of carboxylic acids is 1. The fraction of sp³-hybridized carbons (Fsp3) is 0.550. The highest BCUT2D eigenvalue weighted by molar-refractivity contribution is 5.69. The van der Waals surface area contributed by atoms with Crippen molar-refractivity contribution >= 4 is 17.7 Å². The van der Waals surface area contributed by atoms with E-state index in [1.807, 2.05) is 19.1 Å². The average molecular weight is 347 g/mol. The summed E-state index contributed by atoms with van der Waals surface area (Å²) in [7, 11) is 0. The van der Waals surface area contributed by atoms with E-state index in [-0.39, 0.29) is 16.5 Å². The van der Waals surface area contributed by atoms with E-state index < -0.39 is 5.97 Å². The number of benzene rings is 1. The van der Waals surface area contributed by atoms with Gasteiger partial charge in [0.05, 0.1) is 10.8 Å². The summed E-state index contributed by atoms with van der Waals surface area (Å²) < 4.78 is 0. The van der Waals surface area contributed by atoms with Crippen LogP contribution in [0.25, 0.3) is 6.08 Å². The van der Waals surface area contributed by atoms with E-state index in [0.29, 0.717) is 6.42 Å². The van der Waals surface area contributed by atoms with Gasteiger partial charge in [-0.2, -0.15) is 0 Å². The zero-order valence-corrected chi connectivity index (χ0v) is 15.0. The number of hydrogen-bond donors (Lipinski definition) is 1. The van der Waals surface area contributed by atoms with Crippen molar-refractivity contribution in [2.45, 2.75) is 64.7 Å². The summed E-state index contributed by atoms with van der Waals surface area (Å²) in [6.07, 6.45) is 13.2. The largest absolute Gasteiger partial charge is 0.481 e. The summed E-state index contributed by atoms with van der Waals surface area (Å²) in [6, 6.07) is 6.64. The highest BCUT2D eigenvalue weighted by atomic mass is 16.6. The van der Waals surface area contributed by atoms with Gasteiger partial charge in [-0.25, -0.2) is 0 Å². The first-order chi connectivity index (χ1) is 12.0. The van der Waals surface area contributed by atoms with Crippen molar-refractivity contribution in [3.8, 4) is 0 Å². The minimum atomic E-state index is -0.668. The third-order valence-corrected chi connectivity index (χ3v) is 4.41. The monoisotopic (exact) mass is 347 g/mol. The number of nitro benzene ring substituents is 1. The molecule has 0 aliphatic carbocycles. The van der Waals surface area contributed by atoms with E-state index in [2.05, 4.69) is 6.08 Å². The van der Waals surface area contributed by atoms with Gasteiger partial charge in [0.1, 0.15) is 0 Å². The number of carbonyl (C=O) groups is 1.